The predicted molar refractivity (Wildman–Crippen MR) is 71.0 cm³/mol. The van der Waals surface area contributed by atoms with E-state index in [-0.39, 0.29) is 6.61 Å². The quantitative estimate of drug-likeness (QED) is 0.748. The van der Waals surface area contributed by atoms with Crippen LogP contribution >= 0.6 is 0 Å². The molecule has 5 heteroatoms. The highest BCUT2D eigenvalue weighted by molar-refractivity contribution is 5.67. The van der Waals surface area contributed by atoms with Crippen molar-refractivity contribution in [2.24, 2.45) is 0 Å². The first-order valence-electron chi connectivity index (χ1n) is 5.91. The molecular weight excluding hydrogens is 240 g/mol. The van der Waals surface area contributed by atoms with Gasteiger partial charge in [0, 0.05) is 17.3 Å². The van der Waals surface area contributed by atoms with Crippen molar-refractivity contribution in [2.45, 2.75) is 6.61 Å². The van der Waals surface area contributed by atoms with Crippen LogP contribution in [-0.4, -0.2) is 25.5 Å². The number of pyridine rings is 1. The van der Waals surface area contributed by atoms with Gasteiger partial charge in [-0.25, -0.2) is 0 Å². The molecule has 2 heterocycles. The summed E-state index contributed by atoms with van der Waals surface area (Å²) in [5.41, 5.74) is 4.10. The number of hydrogen-bond acceptors (Lipinski definition) is 4. The molecule has 0 saturated carbocycles. The zero-order chi connectivity index (χ0) is 13.1. The molecule has 0 atom stereocenters. The molecule has 0 radical (unpaired) electrons. The molecular formula is C14H12N4O. The summed E-state index contributed by atoms with van der Waals surface area (Å²) in [5, 5.41) is 19.6. The lowest BCUT2D eigenvalue weighted by atomic mass is 10.1. The van der Waals surface area contributed by atoms with Gasteiger partial charge in [0.1, 0.15) is 11.4 Å². The Labute approximate surface area is 110 Å². The van der Waals surface area contributed by atoms with Crippen LogP contribution in [0.4, 0.5) is 0 Å². The van der Waals surface area contributed by atoms with Crippen molar-refractivity contribution in [2.75, 3.05) is 0 Å². The highest BCUT2D eigenvalue weighted by Crippen LogP contribution is 2.23. The summed E-state index contributed by atoms with van der Waals surface area (Å²) < 4.78 is 0. The predicted octanol–water partition coefficient (Wildman–Crippen LogP) is 2.03. The Morgan fingerprint density at radius 3 is 2.42 bits per heavy atom. The highest BCUT2D eigenvalue weighted by atomic mass is 16.3. The van der Waals surface area contributed by atoms with Crippen LogP contribution < -0.4 is 0 Å². The van der Waals surface area contributed by atoms with Crippen molar-refractivity contribution in [1.82, 2.24) is 20.4 Å². The van der Waals surface area contributed by atoms with E-state index in [1.807, 2.05) is 42.5 Å². The molecule has 0 bridgehead atoms. The molecule has 3 rings (SSSR count). The number of aromatic nitrogens is 4. The number of benzene rings is 1. The standard InChI is InChI=1S/C14H12N4O/c19-9-13-14(17-18-16-13)11-6-4-10(5-7-11)12-3-1-2-8-15-12/h1-8,19H,9H2,(H,16,17,18). The van der Waals surface area contributed by atoms with Crippen LogP contribution in [0.15, 0.2) is 48.7 Å². The number of nitrogens with one attached hydrogen (secondary N) is 1. The first kappa shape index (κ1) is 11.6. The minimum absolute atomic E-state index is 0.131. The van der Waals surface area contributed by atoms with Gasteiger partial charge in [0.05, 0.1) is 12.3 Å². The van der Waals surface area contributed by atoms with E-state index in [4.69, 9.17) is 5.11 Å². The first-order valence-corrected chi connectivity index (χ1v) is 5.91. The number of aromatic amines is 1. The van der Waals surface area contributed by atoms with Crippen molar-refractivity contribution in [1.29, 1.82) is 0 Å². The van der Waals surface area contributed by atoms with Crippen LogP contribution in [0, 0.1) is 0 Å². The van der Waals surface area contributed by atoms with Gasteiger partial charge in [-0.15, -0.1) is 0 Å². The molecule has 0 aliphatic rings. The van der Waals surface area contributed by atoms with E-state index < -0.39 is 0 Å². The third-order valence-corrected chi connectivity index (χ3v) is 2.89. The number of hydrogen-bond donors (Lipinski definition) is 2. The second-order valence-electron chi connectivity index (χ2n) is 4.07. The summed E-state index contributed by atoms with van der Waals surface area (Å²) >= 11 is 0. The molecule has 0 aliphatic heterocycles. The largest absolute Gasteiger partial charge is 0.390 e. The molecule has 0 spiro atoms. The van der Waals surface area contributed by atoms with E-state index in [0.29, 0.717) is 11.4 Å². The summed E-state index contributed by atoms with van der Waals surface area (Å²) in [6.07, 6.45) is 1.77. The van der Waals surface area contributed by atoms with Gasteiger partial charge in [0.2, 0.25) is 0 Å². The zero-order valence-electron chi connectivity index (χ0n) is 10.1. The summed E-state index contributed by atoms with van der Waals surface area (Å²) in [6, 6.07) is 13.7. The number of aliphatic hydroxyl groups excluding tert-OH is 1. The van der Waals surface area contributed by atoms with E-state index in [1.54, 1.807) is 6.20 Å². The Bertz CT molecular complexity index is 661. The van der Waals surface area contributed by atoms with E-state index in [9.17, 15) is 0 Å². The molecule has 5 nitrogen and oxygen atoms in total. The normalized spacial score (nSPS) is 10.6. The van der Waals surface area contributed by atoms with Gasteiger partial charge >= 0.3 is 0 Å². The maximum absolute atomic E-state index is 9.17. The monoisotopic (exact) mass is 252 g/mol. The van der Waals surface area contributed by atoms with Crippen LogP contribution in [0.5, 0.6) is 0 Å². The average molecular weight is 252 g/mol. The van der Waals surface area contributed by atoms with Gasteiger partial charge in [-0.3, -0.25) is 4.98 Å². The molecule has 0 aliphatic carbocycles. The molecule has 3 aromatic rings. The molecule has 2 aromatic heterocycles. The molecule has 19 heavy (non-hydrogen) atoms. The van der Waals surface area contributed by atoms with Crippen LogP contribution in [0.3, 0.4) is 0 Å². The summed E-state index contributed by atoms with van der Waals surface area (Å²) in [6.45, 7) is -0.131. The van der Waals surface area contributed by atoms with Crippen LogP contribution in [0.1, 0.15) is 5.69 Å². The number of aliphatic hydroxyl groups is 1. The SMILES string of the molecule is OCc1n[nH]nc1-c1ccc(-c2ccccn2)cc1. The molecule has 1 aromatic carbocycles. The van der Waals surface area contributed by atoms with Crippen molar-refractivity contribution < 1.29 is 5.11 Å². The second kappa shape index (κ2) is 4.99. The van der Waals surface area contributed by atoms with E-state index in [1.165, 1.54) is 0 Å². The van der Waals surface area contributed by atoms with Gasteiger partial charge < -0.3 is 5.11 Å². The van der Waals surface area contributed by atoms with Gasteiger partial charge in [-0.2, -0.15) is 15.4 Å². The van der Waals surface area contributed by atoms with Gasteiger partial charge in [0.25, 0.3) is 0 Å². The fourth-order valence-electron chi connectivity index (χ4n) is 1.93. The molecule has 0 fully saturated rings. The van der Waals surface area contributed by atoms with E-state index in [2.05, 4.69) is 20.4 Å². The van der Waals surface area contributed by atoms with Crippen LogP contribution in [0.2, 0.25) is 0 Å². The van der Waals surface area contributed by atoms with Crippen molar-refractivity contribution in [3.8, 4) is 22.5 Å². The lowest BCUT2D eigenvalue weighted by Crippen LogP contribution is -1.88. The number of H-pyrrole nitrogens is 1. The second-order valence-corrected chi connectivity index (χ2v) is 4.07. The Kier molecular flexibility index (Phi) is 3.04. The van der Waals surface area contributed by atoms with Gasteiger partial charge in [0.15, 0.2) is 0 Å². The molecule has 2 N–H and O–H groups in total. The Balaban J connectivity index is 1.96. The van der Waals surface area contributed by atoms with E-state index >= 15 is 0 Å². The minimum Gasteiger partial charge on any atom is -0.390 e. The third-order valence-electron chi connectivity index (χ3n) is 2.89. The van der Waals surface area contributed by atoms with E-state index in [0.717, 1.165) is 16.8 Å². The smallest absolute Gasteiger partial charge is 0.118 e. The Morgan fingerprint density at radius 2 is 1.74 bits per heavy atom. The molecule has 0 unspecified atom stereocenters. The van der Waals surface area contributed by atoms with Crippen molar-refractivity contribution >= 4 is 0 Å². The van der Waals surface area contributed by atoms with Gasteiger partial charge in [-0.1, -0.05) is 30.3 Å². The summed E-state index contributed by atoms with van der Waals surface area (Å²) in [5.74, 6) is 0. The van der Waals surface area contributed by atoms with Crippen LogP contribution in [-0.2, 0) is 6.61 Å². The first-order chi connectivity index (χ1) is 9.38. The minimum atomic E-state index is -0.131. The van der Waals surface area contributed by atoms with Crippen LogP contribution in [0.25, 0.3) is 22.5 Å². The Morgan fingerprint density at radius 1 is 0.947 bits per heavy atom. The highest BCUT2D eigenvalue weighted by Gasteiger charge is 2.09. The fourth-order valence-corrected chi connectivity index (χ4v) is 1.93. The lowest BCUT2D eigenvalue weighted by Gasteiger charge is -2.02. The molecule has 0 saturated heterocycles. The number of nitrogens with zero attached hydrogens (tertiary/aromatic N) is 3. The summed E-state index contributed by atoms with van der Waals surface area (Å²) in [7, 11) is 0. The summed E-state index contributed by atoms with van der Waals surface area (Å²) in [4.78, 5) is 4.30. The average Bonchev–Trinajstić information content (AvgIpc) is 2.97. The fraction of sp³-hybridized carbons (Fsp3) is 0.0714. The lowest BCUT2D eigenvalue weighted by molar-refractivity contribution is 0.277. The van der Waals surface area contributed by atoms with Crippen molar-refractivity contribution in [3.05, 3.63) is 54.4 Å². The Hall–Kier alpha value is -2.53. The molecule has 0 amide bonds. The third kappa shape index (κ3) is 2.23. The van der Waals surface area contributed by atoms with Crippen molar-refractivity contribution in [3.63, 3.8) is 0 Å². The topological polar surface area (TPSA) is 74.7 Å². The van der Waals surface area contributed by atoms with Gasteiger partial charge in [-0.05, 0) is 12.1 Å². The molecule has 94 valence electrons. The maximum Gasteiger partial charge on any atom is 0.118 e. The number of rotatable bonds is 3. The maximum atomic E-state index is 9.17. The zero-order valence-corrected chi connectivity index (χ0v) is 10.1.